The highest BCUT2D eigenvalue weighted by atomic mass is 16.4. The fourth-order valence-corrected chi connectivity index (χ4v) is 5.62. The molecule has 0 bridgehead atoms. The minimum atomic E-state index is -0.903. The van der Waals surface area contributed by atoms with Crippen molar-refractivity contribution in [1.29, 1.82) is 0 Å². The van der Waals surface area contributed by atoms with Crippen LogP contribution in [0.2, 0.25) is 0 Å². The molecular weight excluding hydrogens is 526 g/mol. The zero-order chi connectivity index (χ0) is 29.3. The fraction of sp³-hybridized carbons (Fsp3) is 0.286. The van der Waals surface area contributed by atoms with Crippen molar-refractivity contribution >= 4 is 17.6 Å². The van der Waals surface area contributed by atoms with E-state index in [9.17, 15) is 14.4 Å². The van der Waals surface area contributed by atoms with Crippen molar-refractivity contribution in [2.45, 2.75) is 57.4 Å². The molecule has 1 aromatic heterocycles. The first-order valence-electron chi connectivity index (χ1n) is 14.7. The molecule has 0 aliphatic heterocycles. The molecule has 42 heavy (non-hydrogen) atoms. The van der Waals surface area contributed by atoms with Crippen molar-refractivity contribution in [1.82, 2.24) is 10.3 Å². The number of amides is 2. The van der Waals surface area contributed by atoms with E-state index in [1.54, 1.807) is 18.6 Å². The second-order valence-corrected chi connectivity index (χ2v) is 10.9. The molecule has 4 aromatic rings. The molecular formula is C35H36N3O4. The number of primary amides is 1. The molecule has 1 aliphatic rings. The van der Waals surface area contributed by atoms with Gasteiger partial charge in [-0.1, -0.05) is 98.8 Å². The van der Waals surface area contributed by atoms with Gasteiger partial charge in [0.2, 0.25) is 29.2 Å². The third kappa shape index (κ3) is 7.21. The zero-order valence-electron chi connectivity index (χ0n) is 23.6. The molecule has 0 saturated heterocycles. The average molecular weight is 563 g/mol. The highest BCUT2D eigenvalue weighted by Crippen LogP contribution is 2.31. The summed E-state index contributed by atoms with van der Waals surface area (Å²) >= 11 is 0. The highest BCUT2D eigenvalue weighted by molar-refractivity contribution is 6.05. The number of rotatable bonds is 12. The molecule has 3 N–H and O–H groups in total. The van der Waals surface area contributed by atoms with Crippen LogP contribution in [0.5, 0.6) is 0 Å². The van der Waals surface area contributed by atoms with Crippen molar-refractivity contribution in [3.05, 3.63) is 108 Å². The van der Waals surface area contributed by atoms with E-state index >= 15 is 0 Å². The Bertz CT molecular complexity index is 1510. The Morgan fingerprint density at radius 2 is 1.52 bits per heavy atom. The molecule has 1 aliphatic carbocycles. The quantitative estimate of drug-likeness (QED) is 0.189. The standard InChI is InChI=1S/C35H36N3O4/c36-34(41)28-19-11-10-14-25(28)21-22-29(37-30(39)23-20-24-12-4-1-5-13-24)32(40)33-31(26-15-6-2-7-16-26)38-35(42-33)27-17-8-3-9-18-27/h2-3,6-11,14-19,23-24,29H,1,4-5,12-13,20-22H2,(H2,36,41)(H,37,39)/t29-/m0/s1. The predicted molar refractivity (Wildman–Crippen MR) is 162 cm³/mol. The summed E-state index contributed by atoms with van der Waals surface area (Å²) in [6.07, 6.45) is 8.84. The van der Waals surface area contributed by atoms with Crippen LogP contribution >= 0.6 is 0 Å². The van der Waals surface area contributed by atoms with Crippen LogP contribution in [0.25, 0.3) is 22.7 Å². The van der Waals surface area contributed by atoms with Gasteiger partial charge in [-0.2, -0.15) is 0 Å². The van der Waals surface area contributed by atoms with Gasteiger partial charge >= 0.3 is 0 Å². The number of nitrogens with two attached hydrogens (primary N) is 1. The Kier molecular flexibility index (Phi) is 9.59. The normalized spacial score (nSPS) is 14.3. The van der Waals surface area contributed by atoms with Crippen LogP contribution in [0, 0.1) is 12.3 Å². The second kappa shape index (κ2) is 13.9. The van der Waals surface area contributed by atoms with Gasteiger partial charge in [0, 0.05) is 23.1 Å². The summed E-state index contributed by atoms with van der Waals surface area (Å²) < 4.78 is 6.15. The van der Waals surface area contributed by atoms with E-state index in [0.717, 1.165) is 24.0 Å². The molecule has 1 saturated carbocycles. The molecule has 2 amide bonds. The smallest absolute Gasteiger partial charge is 0.248 e. The van der Waals surface area contributed by atoms with E-state index in [1.807, 2.05) is 72.8 Å². The van der Waals surface area contributed by atoms with Crippen LogP contribution in [0.1, 0.15) is 71.4 Å². The summed E-state index contributed by atoms with van der Waals surface area (Å²) in [5, 5.41) is 2.95. The number of nitrogens with zero attached hydrogens (tertiary/aromatic N) is 1. The molecule has 3 aromatic carbocycles. The second-order valence-electron chi connectivity index (χ2n) is 10.9. The maximum absolute atomic E-state index is 14.2. The highest BCUT2D eigenvalue weighted by Gasteiger charge is 2.30. The lowest BCUT2D eigenvalue weighted by atomic mass is 9.86. The van der Waals surface area contributed by atoms with Crippen LogP contribution in [-0.4, -0.2) is 28.6 Å². The van der Waals surface area contributed by atoms with Gasteiger partial charge in [0.1, 0.15) is 5.69 Å². The molecule has 215 valence electrons. The minimum Gasteiger partial charge on any atom is -0.432 e. The van der Waals surface area contributed by atoms with Gasteiger partial charge < -0.3 is 15.5 Å². The number of aryl methyl sites for hydroxylation is 1. The number of benzene rings is 3. The number of hydrogen-bond acceptors (Lipinski definition) is 5. The van der Waals surface area contributed by atoms with E-state index in [0.29, 0.717) is 41.5 Å². The Labute approximate surface area is 246 Å². The van der Waals surface area contributed by atoms with Crippen LogP contribution < -0.4 is 11.1 Å². The molecule has 7 nitrogen and oxygen atoms in total. The number of Topliss-reactive ketones (excluding diaryl/α,β-unsaturated/α-hetero) is 1. The van der Waals surface area contributed by atoms with Crippen LogP contribution in [0.15, 0.2) is 89.3 Å². The van der Waals surface area contributed by atoms with Gasteiger partial charge in [-0.25, -0.2) is 4.98 Å². The summed E-state index contributed by atoms with van der Waals surface area (Å²) in [5.74, 6) is -0.293. The largest absolute Gasteiger partial charge is 0.432 e. The lowest BCUT2D eigenvalue weighted by Gasteiger charge is -2.22. The summed E-state index contributed by atoms with van der Waals surface area (Å²) in [7, 11) is 0. The summed E-state index contributed by atoms with van der Waals surface area (Å²) in [6.45, 7) is 0. The van der Waals surface area contributed by atoms with Gasteiger partial charge in [-0.05, 0) is 48.9 Å². The van der Waals surface area contributed by atoms with Crippen molar-refractivity contribution in [3.63, 3.8) is 0 Å². The predicted octanol–water partition coefficient (Wildman–Crippen LogP) is 6.58. The van der Waals surface area contributed by atoms with Gasteiger partial charge in [0.25, 0.3) is 0 Å². The molecule has 1 atom stereocenters. The lowest BCUT2D eigenvalue weighted by Crippen LogP contribution is -2.41. The molecule has 1 fully saturated rings. The third-order valence-electron chi connectivity index (χ3n) is 7.90. The van der Waals surface area contributed by atoms with Crippen LogP contribution in [0.3, 0.4) is 0 Å². The van der Waals surface area contributed by atoms with Crippen molar-refractivity contribution in [3.8, 4) is 22.7 Å². The number of nitrogens with one attached hydrogen (secondary N) is 1. The van der Waals surface area contributed by atoms with E-state index in [2.05, 4.69) is 5.32 Å². The summed E-state index contributed by atoms with van der Waals surface area (Å²) in [4.78, 5) is 44.1. The molecule has 7 heteroatoms. The number of hydrogen-bond donors (Lipinski definition) is 2. The number of carbonyl (C=O) groups is 3. The molecule has 0 spiro atoms. The van der Waals surface area contributed by atoms with Crippen molar-refractivity contribution in [2.24, 2.45) is 11.7 Å². The Balaban J connectivity index is 1.44. The third-order valence-corrected chi connectivity index (χ3v) is 7.90. The Morgan fingerprint density at radius 1 is 0.881 bits per heavy atom. The van der Waals surface area contributed by atoms with Crippen LogP contribution in [0.4, 0.5) is 0 Å². The van der Waals surface area contributed by atoms with Gasteiger partial charge in [0.05, 0.1) is 6.04 Å². The molecule has 1 heterocycles. The van der Waals surface area contributed by atoms with Crippen molar-refractivity contribution < 1.29 is 18.8 Å². The molecule has 0 unspecified atom stereocenters. The maximum atomic E-state index is 14.2. The maximum Gasteiger partial charge on any atom is 0.248 e. The zero-order valence-corrected chi connectivity index (χ0v) is 23.6. The van der Waals surface area contributed by atoms with Crippen LogP contribution in [-0.2, 0) is 11.2 Å². The summed E-state index contributed by atoms with van der Waals surface area (Å²) in [5.41, 5.74) is 8.61. The Morgan fingerprint density at radius 3 is 2.21 bits per heavy atom. The van der Waals surface area contributed by atoms with E-state index in [-0.39, 0.29) is 23.9 Å². The number of oxazole rings is 1. The fourth-order valence-electron chi connectivity index (χ4n) is 5.62. The minimum absolute atomic E-state index is 0.0841. The topological polar surface area (TPSA) is 115 Å². The SMILES string of the molecule is NC(=O)c1ccccc1CC[C@H](NC(=O)[CH]CC1CCCCC1)C(=O)c1oc(-c2ccccc2)nc1-c1ccccc1. The van der Waals surface area contributed by atoms with E-state index < -0.39 is 11.9 Å². The average Bonchev–Trinajstić information content (AvgIpc) is 3.49. The van der Waals surface area contributed by atoms with E-state index in [4.69, 9.17) is 15.1 Å². The lowest BCUT2D eigenvalue weighted by molar-refractivity contribution is -0.118. The first kappa shape index (κ1) is 29.0. The first-order valence-corrected chi connectivity index (χ1v) is 14.7. The van der Waals surface area contributed by atoms with Gasteiger partial charge in [0.15, 0.2) is 0 Å². The van der Waals surface area contributed by atoms with Gasteiger partial charge in [-0.3, -0.25) is 14.4 Å². The van der Waals surface area contributed by atoms with E-state index in [1.165, 1.54) is 19.3 Å². The number of carbonyl (C=O) groups excluding carboxylic acids is 3. The molecule has 1 radical (unpaired) electrons. The monoisotopic (exact) mass is 562 g/mol. The van der Waals surface area contributed by atoms with Gasteiger partial charge in [-0.15, -0.1) is 0 Å². The van der Waals surface area contributed by atoms with Crippen molar-refractivity contribution in [2.75, 3.05) is 0 Å². The molecule has 5 rings (SSSR count). The summed E-state index contributed by atoms with van der Waals surface area (Å²) in [6, 6.07) is 24.9. The Hall–Kier alpha value is -4.52. The number of aromatic nitrogens is 1. The first-order chi connectivity index (χ1) is 20.5. The number of ketones is 1.